The number of hydrogen-bond donors (Lipinski definition) is 1. The van der Waals surface area contributed by atoms with Crippen molar-refractivity contribution in [3.63, 3.8) is 0 Å². The maximum absolute atomic E-state index is 12.7. The zero-order chi connectivity index (χ0) is 19.8. The molecule has 2 unspecified atom stereocenters. The van der Waals surface area contributed by atoms with Crippen LogP contribution >= 0.6 is 11.6 Å². The number of carbonyl (C=O) groups is 1. The molecule has 5 heteroatoms. The first-order valence-corrected chi connectivity index (χ1v) is 10.7. The summed E-state index contributed by atoms with van der Waals surface area (Å²) >= 11 is 6.36. The van der Waals surface area contributed by atoms with Gasteiger partial charge >= 0.3 is 0 Å². The third-order valence-corrected chi connectivity index (χ3v) is 6.57. The number of benzene rings is 1. The van der Waals surface area contributed by atoms with Crippen molar-refractivity contribution in [1.29, 1.82) is 0 Å². The maximum atomic E-state index is 12.7. The number of carbonyl (C=O) groups excluding carboxylic acids is 1. The van der Waals surface area contributed by atoms with Gasteiger partial charge in [0, 0.05) is 36.9 Å². The molecule has 0 bridgehead atoms. The Balaban J connectivity index is 1.24. The SMILES string of the molecule is O=C(/C=C/c1cnc2c(c1)CCCN2)N1CC2C=C(c3ccccc3Cl)CC2C1. The van der Waals surface area contributed by atoms with Gasteiger partial charge in [0.15, 0.2) is 0 Å². The number of hydrogen-bond acceptors (Lipinski definition) is 3. The monoisotopic (exact) mass is 405 g/mol. The molecule has 1 fully saturated rings. The van der Waals surface area contributed by atoms with Gasteiger partial charge in [-0.05, 0) is 71.6 Å². The molecular formula is C24H24ClN3O. The van der Waals surface area contributed by atoms with E-state index in [1.54, 1.807) is 6.08 Å². The molecule has 0 spiro atoms. The number of aromatic nitrogens is 1. The van der Waals surface area contributed by atoms with Gasteiger partial charge in [0.1, 0.15) is 5.82 Å². The zero-order valence-electron chi connectivity index (χ0n) is 16.3. The highest BCUT2D eigenvalue weighted by molar-refractivity contribution is 6.32. The highest BCUT2D eigenvalue weighted by Crippen LogP contribution is 2.42. The van der Waals surface area contributed by atoms with Gasteiger partial charge in [-0.3, -0.25) is 4.79 Å². The van der Waals surface area contributed by atoms with Crippen molar-refractivity contribution in [2.24, 2.45) is 11.8 Å². The van der Waals surface area contributed by atoms with Gasteiger partial charge in [-0.1, -0.05) is 35.9 Å². The van der Waals surface area contributed by atoms with Crippen LogP contribution < -0.4 is 5.32 Å². The fourth-order valence-electron chi connectivity index (χ4n) is 4.74. The van der Waals surface area contributed by atoms with Crippen LogP contribution in [0.15, 0.2) is 48.7 Å². The second kappa shape index (κ2) is 7.68. The standard InChI is InChI=1S/C24H24ClN3O/c25-22-6-2-1-5-21(22)18-11-19-14-28(15-20(19)12-18)23(29)8-7-16-10-17-4-3-9-26-24(17)27-13-16/h1-2,5-8,10-11,13,19-20H,3-4,9,12,14-15H2,(H,26,27)/b8-7+. The number of halogens is 1. The van der Waals surface area contributed by atoms with E-state index in [9.17, 15) is 4.79 Å². The first-order chi connectivity index (χ1) is 14.2. The molecule has 5 rings (SSSR count). The summed E-state index contributed by atoms with van der Waals surface area (Å²) in [6.07, 6.45) is 10.9. The molecule has 0 saturated carbocycles. The number of nitrogens with one attached hydrogen (secondary N) is 1. The minimum atomic E-state index is 0.0861. The predicted molar refractivity (Wildman–Crippen MR) is 118 cm³/mol. The zero-order valence-corrected chi connectivity index (χ0v) is 17.0. The molecule has 1 aliphatic carbocycles. The summed E-state index contributed by atoms with van der Waals surface area (Å²) in [5.74, 6) is 1.99. The lowest BCUT2D eigenvalue weighted by molar-refractivity contribution is -0.125. The van der Waals surface area contributed by atoms with E-state index in [1.165, 1.54) is 11.1 Å². The smallest absolute Gasteiger partial charge is 0.246 e. The van der Waals surface area contributed by atoms with Gasteiger partial charge in [0.05, 0.1) is 0 Å². The molecule has 0 radical (unpaired) electrons. The van der Waals surface area contributed by atoms with E-state index in [1.807, 2.05) is 35.4 Å². The first kappa shape index (κ1) is 18.4. The molecule has 1 saturated heterocycles. The van der Waals surface area contributed by atoms with Crippen LogP contribution in [0.3, 0.4) is 0 Å². The van der Waals surface area contributed by atoms with E-state index in [0.29, 0.717) is 11.8 Å². The number of allylic oxidation sites excluding steroid dienone is 1. The Kier molecular flexibility index (Phi) is 4.88. The Morgan fingerprint density at radius 1 is 1.28 bits per heavy atom. The number of nitrogens with zero attached hydrogens (tertiary/aromatic N) is 2. The molecule has 1 amide bonds. The van der Waals surface area contributed by atoms with E-state index in [4.69, 9.17) is 11.6 Å². The fourth-order valence-corrected chi connectivity index (χ4v) is 5.00. The van der Waals surface area contributed by atoms with Crippen molar-refractivity contribution in [2.45, 2.75) is 19.3 Å². The second-order valence-corrected chi connectivity index (χ2v) is 8.59. The summed E-state index contributed by atoms with van der Waals surface area (Å²) in [6.45, 7) is 2.58. The van der Waals surface area contributed by atoms with Crippen LogP contribution in [0.25, 0.3) is 11.6 Å². The summed E-state index contributed by atoms with van der Waals surface area (Å²) < 4.78 is 0. The Morgan fingerprint density at radius 2 is 2.17 bits per heavy atom. The van der Waals surface area contributed by atoms with Crippen molar-refractivity contribution < 1.29 is 4.79 Å². The summed E-state index contributed by atoms with van der Waals surface area (Å²) in [5, 5.41) is 4.13. The number of fused-ring (bicyclic) bond motifs is 2. The van der Waals surface area contributed by atoms with Crippen LogP contribution in [-0.2, 0) is 11.2 Å². The first-order valence-electron chi connectivity index (χ1n) is 10.3. The highest BCUT2D eigenvalue weighted by Gasteiger charge is 2.38. The van der Waals surface area contributed by atoms with Gasteiger partial charge < -0.3 is 10.2 Å². The molecule has 1 N–H and O–H groups in total. The van der Waals surface area contributed by atoms with Crippen LogP contribution in [0.4, 0.5) is 5.82 Å². The minimum Gasteiger partial charge on any atom is -0.370 e. The van der Waals surface area contributed by atoms with Gasteiger partial charge in [0.25, 0.3) is 0 Å². The number of anilines is 1. The molecule has 1 aromatic heterocycles. The molecule has 3 heterocycles. The summed E-state index contributed by atoms with van der Waals surface area (Å²) in [7, 11) is 0. The number of aryl methyl sites for hydroxylation is 1. The van der Waals surface area contributed by atoms with Crippen LogP contribution in [0.2, 0.25) is 5.02 Å². The van der Waals surface area contributed by atoms with Crippen molar-refractivity contribution in [2.75, 3.05) is 25.0 Å². The Hall–Kier alpha value is -2.59. The van der Waals surface area contributed by atoms with Gasteiger partial charge in [-0.25, -0.2) is 4.98 Å². The van der Waals surface area contributed by atoms with Crippen molar-refractivity contribution in [3.05, 3.63) is 70.4 Å². The molecule has 29 heavy (non-hydrogen) atoms. The van der Waals surface area contributed by atoms with E-state index < -0.39 is 0 Å². The summed E-state index contributed by atoms with van der Waals surface area (Å²) in [6, 6.07) is 10.2. The molecule has 2 atom stereocenters. The Bertz CT molecular complexity index is 1010. The van der Waals surface area contributed by atoms with Crippen LogP contribution in [0.5, 0.6) is 0 Å². The average Bonchev–Trinajstić information content (AvgIpc) is 3.31. The van der Waals surface area contributed by atoms with Crippen molar-refractivity contribution in [3.8, 4) is 0 Å². The molecule has 1 aromatic carbocycles. The Labute approximate surface area is 176 Å². The third kappa shape index (κ3) is 3.69. The van der Waals surface area contributed by atoms with Crippen molar-refractivity contribution in [1.82, 2.24) is 9.88 Å². The largest absolute Gasteiger partial charge is 0.370 e. The normalized spacial score (nSPS) is 22.9. The van der Waals surface area contributed by atoms with E-state index in [0.717, 1.165) is 60.9 Å². The summed E-state index contributed by atoms with van der Waals surface area (Å²) in [5.41, 5.74) is 4.68. The fraction of sp³-hybridized carbons (Fsp3) is 0.333. The molecule has 148 valence electrons. The number of pyridine rings is 1. The lowest BCUT2D eigenvalue weighted by Crippen LogP contribution is -2.27. The molecule has 2 aromatic rings. The van der Waals surface area contributed by atoms with Gasteiger partial charge in [-0.15, -0.1) is 0 Å². The third-order valence-electron chi connectivity index (χ3n) is 6.24. The van der Waals surface area contributed by atoms with E-state index in [2.05, 4.69) is 28.5 Å². The van der Waals surface area contributed by atoms with Crippen LogP contribution in [0.1, 0.15) is 29.5 Å². The van der Waals surface area contributed by atoms with Gasteiger partial charge in [-0.2, -0.15) is 0 Å². The number of likely N-dealkylation sites (tertiary alicyclic amines) is 1. The molecular weight excluding hydrogens is 382 g/mol. The number of amides is 1. The van der Waals surface area contributed by atoms with Crippen molar-refractivity contribution >= 4 is 35.0 Å². The van der Waals surface area contributed by atoms with Crippen LogP contribution in [-0.4, -0.2) is 35.4 Å². The average molecular weight is 406 g/mol. The topological polar surface area (TPSA) is 45.2 Å². The lowest BCUT2D eigenvalue weighted by Gasteiger charge is -2.17. The maximum Gasteiger partial charge on any atom is 0.246 e. The molecule has 3 aliphatic rings. The van der Waals surface area contributed by atoms with E-state index in [-0.39, 0.29) is 5.91 Å². The lowest BCUT2D eigenvalue weighted by atomic mass is 9.98. The predicted octanol–water partition coefficient (Wildman–Crippen LogP) is 4.67. The highest BCUT2D eigenvalue weighted by atomic mass is 35.5. The molecule has 4 nitrogen and oxygen atoms in total. The number of rotatable bonds is 3. The molecule has 2 aliphatic heterocycles. The summed E-state index contributed by atoms with van der Waals surface area (Å²) in [4.78, 5) is 19.2. The van der Waals surface area contributed by atoms with Gasteiger partial charge in [0.2, 0.25) is 5.91 Å². The minimum absolute atomic E-state index is 0.0861. The quantitative estimate of drug-likeness (QED) is 0.755. The van der Waals surface area contributed by atoms with Crippen LogP contribution in [0, 0.1) is 11.8 Å². The van der Waals surface area contributed by atoms with E-state index >= 15 is 0 Å². The second-order valence-electron chi connectivity index (χ2n) is 8.18. The Morgan fingerprint density at radius 3 is 3.03 bits per heavy atom.